The lowest BCUT2D eigenvalue weighted by atomic mass is 10.2. The van der Waals surface area contributed by atoms with Crippen LogP contribution in [-0.2, 0) is 9.84 Å². The van der Waals surface area contributed by atoms with Gasteiger partial charge in [0.1, 0.15) is 0 Å². The van der Waals surface area contributed by atoms with Crippen molar-refractivity contribution in [1.29, 1.82) is 0 Å². The number of aromatic nitrogens is 2. The predicted molar refractivity (Wildman–Crippen MR) is 51.5 cm³/mol. The first kappa shape index (κ1) is 10.2. The molecule has 0 aromatic carbocycles. The Labute approximate surface area is 86.5 Å². The summed E-state index contributed by atoms with van der Waals surface area (Å²) in [5.74, 6) is -0.865. The smallest absolute Gasteiger partial charge is 0.356 e. The number of imidazole rings is 1. The highest BCUT2D eigenvalue weighted by Crippen LogP contribution is 2.23. The molecule has 6 nitrogen and oxygen atoms in total. The van der Waals surface area contributed by atoms with Gasteiger partial charge in [-0.2, -0.15) is 0 Å². The van der Waals surface area contributed by atoms with E-state index in [1.807, 2.05) is 0 Å². The zero-order valence-corrected chi connectivity index (χ0v) is 8.64. The highest BCUT2D eigenvalue weighted by molar-refractivity contribution is 7.91. The van der Waals surface area contributed by atoms with E-state index < -0.39 is 15.8 Å². The fourth-order valence-corrected chi connectivity index (χ4v) is 3.38. The molecule has 2 heterocycles. The van der Waals surface area contributed by atoms with E-state index in [0.29, 0.717) is 6.42 Å². The van der Waals surface area contributed by atoms with Crippen molar-refractivity contribution < 1.29 is 18.3 Å². The van der Waals surface area contributed by atoms with Gasteiger partial charge >= 0.3 is 5.97 Å². The van der Waals surface area contributed by atoms with E-state index in [2.05, 4.69) is 4.98 Å². The van der Waals surface area contributed by atoms with Crippen molar-refractivity contribution in [2.24, 2.45) is 0 Å². The first-order valence-electron chi connectivity index (χ1n) is 4.45. The van der Waals surface area contributed by atoms with Crippen LogP contribution in [-0.4, -0.2) is 40.6 Å². The monoisotopic (exact) mass is 230 g/mol. The van der Waals surface area contributed by atoms with Gasteiger partial charge < -0.3 is 9.67 Å². The predicted octanol–water partition coefficient (Wildman–Crippen LogP) is -0.0591. The second-order valence-electron chi connectivity index (χ2n) is 3.57. The maximum Gasteiger partial charge on any atom is 0.356 e. The van der Waals surface area contributed by atoms with Crippen molar-refractivity contribution in [3.8, 4) is 0 Å². The lowest BCUT2D eigenvalue weighted by molar-refractivity contribution is 0.0691. The Bertz CT molecular complexity index is 490. The molecule has 0 amide bonds. The summed E-state index contributed by atoms with van der Waals surface area (Å²) in [4.78, 5) is 14.2. The first-order valence-corrected chi connectivity index (χ1v) is 6.27. The molecule has 1 aliphatic rings. The standard InChI is InChI=1S/C8H10N2O4S/c11-8(12)7-3-10(5-9-7)6-1-2-15(13,14)4-6/h3,5-6H,1-2,4H2,(H,11,12). The first-order chi connectivity index (χ1) is 6.98. The van der Waals surface area contributed by atoms with Gasteiger partial charge in [-0.25, -0.2) is 18.2 Å². The molecule has 1 aromatic heterocycles. The summed E-state index contributed by atoms with van der Waals surface area (Å²) in [6.07, 6.45) is 3.26. The summed E-state index contributed by atoms with van der Waals surface area (Å²) in [5.41, 5.74) is -0.0562. The fraction of sp³-hybridized carbons (Fsp3) is 0.500. The van der Waals surface area contributed by atoms with Crippen LogP contribution >= 0.6 is 0 Å². The second kappa shape index (κ2) is 3.34. The number of nitrogens with zero attached hydrogens (tertiary/aromatic N) is 2. The molecule has 1 fully saturated rings. The minimum Gasteiger partial charge on any atom is -0.476 e. The molecule has 82 valence electrons. The number of rotatable bonds is 2. The molecule has 0 spiro atoms. The minimum absolute atomic E-state index is 0.0562. The SMILES string of the molecule is O=C(O)c1cn(C2CCS(=O)(=O)C2)cn1. The third kappa shape index (κ3) is 2.01. The Balaban J connectivity index is 2.21. The van der Waals surface area contributed by atoms with Gasteiger partial charge in [-0.05, 0) is 6.42 Å². The zero-order valence-electron chi connectivity index (χ0n) is 7.83. The molecule has 1 unspecified atom stereocenters. The molecule has 0 aliphatic carbocycles. The van der Waals surface area contributed by atoms with Crippen molar-refractivity contribution in [3.63, 3.8) is 0 Å². The maximum absolute atomic E-state index is 11.2. The van der Waals surface area contributed by atoms with E-state index in [-0.39, 0.29) is 23.2 Å². The molecule has 0 radical (unpaired) electrons. The maximum atomic E-state index is 11.2. The van der Waals surface area contributed by atoms with Gasteiger partial charge in [0.05, 0.1) is 17.8 Å². The largest absolute Gasteiger partial charge is 0.476 e. The molecule has 1 aromatic rings. The normalized spacial score (nSPS) is 24.1. The number of carboxylic acids is 1. The molecule has 1 saturated heterocycles. The van der Waals surface area contributed by atoms with E-state index >= 15 is 0 Å². The highest BCUT2D eigenvalue weighted by atomic mass is 32.2. The summed E-state index contributed by atoms with van der Waals surface area (Å²) >= 11 is 0. The molecule has 1 N–H and O–H groups in total. The van der Waals surface area contributed by atoms with Crippen LogP contribution in [0.1, 0.15) is 23.0 Å². The van der Waals surface area contributed by atoms with Crippen LogP contribution in [0.15, 0.2) is 12.5 Å². The lowest BCUT2D eigenvalue weighted by Gasteiger charge is -2.07. The van der Waals surface area contributed by atoms with Crippen LogP contribution in [0.2, 0.25) is 0 Å². The number of sulfone groups is 1. The van der Waals surface area contributed by atoms with Gasteiger partial charge in [0.25, 0.3) is 0 Å². The number of hydrogen-bond acceptors (Lipinski definition) is 4. The molecule has 7 heteroatoms. The molecule has 15 heavy (non-hydrogen) atoms. The average molecular weight is 230 g/mol. The minimum atomic E-state index is -2.95. The van der Waals surface area contributed by atoms with Crippen LogP contribution in [0.3, 0.4) is 0 Å². The third-order valence-corrected chi connectivity index (χ3v) is 4.20. The molecule has 1 atom stereocenters. The molecule has 1 aliphatic heterocycles. The summed E-state index contributed by atoms with van der Waals surface area (Å²) in [6.45, 7) is 0. The second-order valence-corrected chi connectivity index (χ2v) is 5.80. The topological polar surface area (TPSA) is 89.3 Å². The lowest BCUT2D eigenvalue weighted by Crippen LogP contribution is -2.09. The van der Waals surface area contributed by atoms with Crippen LogP contribution in [0, 0.1) is 0 Å². The van der Waals surface area contributed by atoms with Crippen LogP contribution < -0.4 is 0 Å². The van der Waals surface area contributed by atoms with Crippen LogP contribution in [0.25, 0.3) is 0 Å². The van der Waals surface area contributed by atoms with E-state index in [9.17, 15) is 13.2 Å². The molecule has 0 bridgehead atoms. The third-order valence-electron chi connectivity index (χ3n) is 2.45. The van der Waals surface area contributed by atoms with Gasteiger partial charge in [0, 0.05) is 12.2 Å². The van der Waals surface area contributed by atoms with Crippen LogP contribution in [0.4, 0.5) is 0 Å². The molecule has 0 saturated carbocycles. The Morgan fingerprint density at radius 2 is 2.33 bits per heavy atom. The highest BCUT2D eigenvalue weighted by Gasteiger charge is 2.29. The number of carboxylic acid groups (broad SMARTS) is 1. The summed E-state index contributed by atoms with van der Waals surface area (Å²) in [7, 11) is -2.95. The fourth-order valence-electron chi connectivity index (χ4n) is 1.66. The molecular weight excluding hydrogens is 220 g/mol. The van der Waals surface area contributed by atoms with E-state index in [1.165, 1.54) is 12.5 Å². The van der Waals surface area contributed by atoms with Gasteiger partial charge in [-0.15, -0.1) is 0 Å². The molecule has 2 rings (SSSR count). The van der Waals surface area contributed by atoms with Gasteiger partial charge in [0.15, 0.2) is 15.5 Å². The summed E-state index contributed by atoms with van der Waals surface area (Å²) in [5, 5.41) is 8.65. The quantitative estimate of drug-likeness (QED) is 0.768. The van der Waals surface area contributed by atoms with Crippen molar-refractivity contribution in [3.05, 3.63) is 18.2 Å². The number of hydrogen-bond donors (Lipinski definition) is 1. The Kier molecular flexibility index (Phi) is 2.26. The zero-order chi connectivity index (χ0) is 11.1. The van der Waals surface area contributed by atoms with E-state index in [0.717, 1.165) is 0 Å². The Morgan fingerprint density at radius 1 is 1.60 bits per heavy atom. The van der Waals surface area contributed by atoms with Gasteiger partial charge in [-0.1, -0.05) is 0 Å². The number of aromatic carboxylic acids is 1. The molecular formula is C8H10N2O4S. The Hall–Kier alpha value is -1.37. The van der Waals surface area contributed by atoms with Crippen molar-refractivity contribution in [1.82, 2.24) is 9.55 Å². The van der Waals surface area contributed by atoms with Crippen LogP contribution in [0.5, 0.6) is 0 Å². The summed E-state index contributed by atoms with van der Waals surface area (Å²) in [6, 6.07) is -0.171. The van der Waals surface area contributed by atoms with Crippen molar-refractivity contribution in [2.45, 2.75) is 12.5 Å². The van der Waals surface area contributed by atoms with E-state index in [4.69, 9.17) is 5.11 Å². The number of carbonyl (C=O) groups is 1. The Morgan fingerprint density at radius 3 is 2.80 bits per heavy atom. The average Bonchev–Trinajstić information content (AvgIpc) is 2.70. The van der Waals surface area contributed by atoms with Gasteiger partial charge in [0.2, 0.25) is 0 Å². The van der Waals surface area contributed by atoms with Crippen molar-refractivity contribution >= 4 is 15.8 Å². The van der Waals surface area contributed by atoms with E-state index in [1.54, 1.807) is 4.57 Å². The van der Waals surface area contributed by atoms with Crippen molar-refractivity contribution in [2.75, 3.05) is 11.5 Å². The summed E-state index contributed by atoms with van der Waals surface area (Å²) < 4.78 is 24.0. The van der Waals surface area contributed by atoms with Gasteiger partial charge in [-0.3, -0.25) is 0 Å².